The number of fused-ring (bicyclic) bond motifs is 2. The SMILES string of the molecule is Cc1c(/N=c2\ccc3c(-c4ccccc4S(=O)(=O)O)c4ccc(Nc5c(C)c(NC(=O)N(CC(=O)O)CC(=O)O)c(C)c(S(=O)(=O)O)c5C)cc4oc-3c2)c(C)c(S(=O)(=O)O)c(C)c1NC(=O)N(CC(=O)O)CC(=O)O. The molecule has 26 nitrogen and oxygen atoms in total. The van der Waals surface area contributed by atoms with E-state index < -0.39 is 107 Å². The molecule has 0 atom stereocenters. The van der Waals surface area contributed by atoms with Crippen molar-refractivity contribution in [3.63, 3.8) is 0 Å². The van der Waals surface area contributed by atoms with Gasteiger partial charge in [-0.1, -0.05) is 18.2 Å². The number of nitrogens with one attached hydrogen (secondary N) is 3. The molecule has 0 fully saturated rings. The van der Waals surface area contributed by atoms with Crippen LogP contribution < -0.4 is 21.3 Å². The number of amides is 4. The molecule has 4 amide bonds. The third-order valence-corrected chi connectivity index (χ3v) is 15.0. The maximum Gasteiger partial charge on any atom is 0.323 e. The van der Waals surface area contributed by atoms with Gasteiger partial charge in [-0.25, -0.2) is 14.6 Å². The first kappa shape index (κ1) is 56.8. The summed E-state index contributed by atoms with van der Waals surface area (Å²) in [6.07, 6.45) is 0. The molecule has 4 aromatic carbocycles. The summed E-state index contributed by atoms with van der Waals surface area (Å²) in [4.78, 5) is 76.4. The summed E-state index contributed by atoms with van der Waals surface area (Å²) in [6, 6.07) is 11.5. The van der Waals surface area contributed by atoms with Gasteiger partial charge in [0.1, 0.15) is 52.2 Å². The number of nitrogens with zero attached hydrogens (tertiary/aromatic N) is 3. The molecule has 0 bridgehead atoms. The summed E-state index contributed by atoms with van der Waals surface area (Å²) in [7, 11) is -15.1. The van der Waals surface area contributed by atoms with Crippen molar-refractivity contribution in [1.29, 1.82) is 0 Å². The van der Waals surface area contributed by atoms with Crippen LogP contribution in [-0.2, 0) is 49.5 Å². The van der Waals surface area contributed by atoms with Gasteiger partial charge < -0.3 is 50.6 Å². The number of rotatable bonds is 17. The van der Waals surface area contributed by atoms with E-state index in [1.165, 1.54) is 96.1 Å². The molecule has 402 valence electrons. The quantitative estimate of drug-likeness (QED) is 0.0382. The minimum Gasteiger partial charge on any atom is -0.480 e. The van der Waals surface area contributed by atoms with Crippen molar-refractivity contribution in [2.75, 3.05) is 42.1 Å². The van der Waals surface area contributed by atoms with E-state index >= 15 is 0 Å². The van der Waals surface area contributed by atoms with E-state index in [-0.39, 0.29) is 101 Å². The lowest BCUT2D eigenvalue weighted by molar-refractivity contribution is -0.142. The average Bonchev–Trinajstić information content (AvgIpc) is 3.28. The first-order chi connectivity index (χ1) is 35.2. The Morgan fingerprint density at radius 3 is 1.50 bits per heavy atom. The van der Waals surface area contributed by atoms with Gasteiger partial charge in [-0.15, -0.1) is 0 Å². The van der Waals surface area contributed by atoms with Gasteiger partial charge in [0.2, 0.25) is 0 Å². The molecule has 4 aromatic rings. The van der Waals surface area contributed by atoms with Crippen LogP contribution in [0.3, 0.4) is 0 Å². The molecule has 0 radical (unpaired) electrons. The Bertz CT molecular complexity index is 3840. The lowest BCUT2D eigenvalue weighted by atomic mass is 9.93. The molecule has 1 aliphatic carbocycles. The van der Waals surface area contributed by atoms with Crippen molar-refractivity contribution >= 4 is 106 Å². The smallest absolute Gasteiger partial charge is 0.323 e. The van der Waals surface area contributed by atoms with Crippen LogP contribution in [0.2, 0.25) is 0 Å². The highest BCUT2D eigenvalue weighted by Gasteiger charge is 2.31. The first-order valence-electron chi connectivity index (χ1n) is 21.8. The number of carbonyl (C=O) groups is 6. The number of hydrogen-bond acceptors (Lipinski definition) is 15. The third-order valence-electron chi connectivity index (χ3n) is 11.8. The van der Waals surface area contributed by atoms with Crippen LogP contribution in [0.5, 0.6) is 0 Å². The number of carboxylic acid groups (broad SMARTS) is 4. The molecule has 0 spiro atoms. The molecular weight excluding hydrogens is 1060 g/mol. The van der Waals surface area contributed by atoms with Crippen LogP contribution in [0, 0.1) is 41.5 Å². The lowest BCUT2D eigenvalue weighted by Crippen LogP contribution is -2.42. The number of carboxylic acids is 4. The maximum atomic E-state index is 13.4. The van der Waals surface area contributed by atoms with E-state index in [1.807, 2.05) is 0 Å². The molecule has 1 heterocycles. The second-order valence-electron chi connectivity index (χ2n) is 17.1. The molecule has 0 unspecified atom stereocenters. The topological polar surface area (TPSA) is 415 Å². The molecule has 29 heteroatoms. The Morgan fingerprint density at radius 1 is 0.539 bits per heavy atom. The first-order valence-corrected chi connectivity index (χ1v) is 26.1. The van der Waals surface area contributed by atoms with E-state index in [9.17, 15) is 88.1 Å². The van der Waals surface area contributed by atoms with Gasteiger partial charge in [0, 0.05) is 45.6 Å². The van der Waals surface area contributed by atoms with Gasteiger partial charge in [-0.2, -0.15) is 25.3 Å². The predicted octanol–water partition coefficient (Wildman–Crippen LogP) is 5.78. The maximum absolute atomic E-state index is 13.4. The van der Waals surface area contributed by atoms with E-state index in [0.29, 0.717) is 9.80 Å². The van der Waals surface area contributed by atoms with Gasteiger partial charge in [0.25, 0.3) is 30.4 Å². The second kappa shape index (κ2) is 21.4. The van der Waals surface area contributed by atoms with Crippen molar-refractivity contribution in [1.82, 2.24) is 9.80 Å². The normalized spacial score (nSPS) is 12.1. The molecule has 6 rings (SSSR count). The van der Waals surface area contributed by atoms with Crippen molar-refractivity contribution in [2.45, 2.75) is 56.2 Å². The standard InChI is InChI=1S/C47H46N6O20S3/c1-21-40(23(3)44(75(67,68)69)25(5)42(21)50-46(62)52(17-35(54)55)18-36(56)57)48-27-11-13-29-32(15-27)73-33-16-28(12-14-30(33)39(29)31-9-7-8-10-34(31)74(64,65)66)49-41-22(2)43(26(6)45(24(41)4)76(70,71)72)51-47(63)53(19-37(58)59)20-38(60)61/h7-16,48H,17-20H2,1-6H3,(H,50,62)(H,51,63)(H,54,55)(H,56,57)(H,58,59)(H,60,61)(H,64,65,66)(H,67,68,69)(H,70,71,72)/b49-28+. The van der Waals surface area contributed by atoms with Crippen LogP contribution in [0.4, 0.5) is 38.0 Å². The number of urea groups is 2. The minimum absolute atomic E-state index is 0.00870. The number of anilines is 4. The summed E-state index contributed by atoms with van der Waals surface area (Å²) < 4.78 is 115. The summed E-state index contributed by atoms with van der Waals surface area (Å²) in [5.74, 6) is -6.30. The van der Waals surface area contributed by atoms with Gasteiger partial charge in [-0.3, -0.25) is 32.8 Å². The van der Waals surface area contributed by atoms with Crippen LogP contribution >= 0.6 is 0 Å². The minimum atomic E-state index is -5.10. The Labute approximate surface area is 431 Å². The van der Waals surface area contributed by atoms with E-state index in [0.717, 1.165) is 6.07 Å². The van der Waals surface area contributed by atoms with Crippen LogP contribution in [0.25, 0.3) is 33.4 Å². The average molecular weight is 1110 g/mol. The summed E-state index contributed by atoms with van der Waals surface area (Å²) in [5.41, 5.74) is -0.684. The molecule has 1 aliphatic heterocycles. The molecule has 0 aromatic heterocycles. The number of benzene rings is 5. The van der Waals surface area contributed by atoms with Crippen molar-refractivity contribution in [2.24, 2.45) is 4.99 Å². The fourth-order valence-corrected chi connectivity index (χ4v) is 11.4. The third kappa shape index (κ3) is 12.0. The Kier molecular flexibility index (Phi) is 16.0. The zero-order valence-electron chi connectivity index (χ0n) is 40.6. The zero-order valence-corrected chi connectivity index (χ0v) is 43.1. The van der Waals surface area contributed by atoms with Crippen molar-refractivity contribution < 1.29 is 92.5 Å². The van der Waals surface area contributed by atoms with Gasteiger partial charge in [0.15, 0.2) is 0 Å². The largest absolute Gasteiger partial charge is 0.480 e. The summed E-state index contributed by atoms with van der Waals surface area (Å²) in [5, 5.41) is 45.4. The molecule has 2 aliphatic rings. The van der Waals surface area contributed by atoms with Gasteiger partial charge in [-0.05, 0) is 105 Å². The predicted molar refractivity (Wildman–Crippen MR) is 269 cm³/mol. The fraction of sp³-hybridized carbons (Fsp3) is 0.213. The van der Waals surface area contributed by atoms with Crippen molar-refractivity contribution in [3.05, 3.63) is 99.4 Å². The fourth-order valence-electron chi connectivity index (χ4n) is 8.80. The Hall–Kier alpha value is -8.48. The van der Waals surface area contributed by atoms with E-state index in [2.05, 4.69) is 20.9 Å². The second-order valence-corrected chi connectivity index (χ2v) is 21.2. The van der Waals surface area contributed by atoms with Gasteiger partial charge >= 0.3 is 35.9 Å². The molecule has 76 heavy (non-hydrogen) atoms. The molecule has 0 saturated carbocycles. The summed E-state index contributed by atoms with van der Waals surface area (Å²) >= 11 is 0. The van der Waals surface area contributed by atoms with Crippen LogP contribution in [0.1, 0.15) is 33.4 Å². The molecule has 0 saturated heterocycles. The zero-order chi connectivity index (χ0) is 56.7. The van der Waals surface area contributed by atoms with Crippen LogP contribution in [0.15, 0.2) is 84.8 Å². The lowest BCUT2D eigenvalue weighted by Gasteiger charge is -2.25. The number of carbonyl (C=O) groups excluding carboxylic acids is 2. The number of hydrogen-bond donors (Lipinski definition) is 10. The number of aliphatic carboxylic acids is 4. The molecular formula is C47H46N6O20S3. The monoisotopic (exact) mass is 1110 g/mol. The Morgan fingerprint density at radius 2 is 1.01 bits per heavy atom. The van der Waals surface area contributed by atoms with E-state index in [1.54, 1.807) is 0 Å². The highest BCUT2D eigenvalue weighted by molar-refractivity contribution is 7.86. The van der Waals surface area contributed by atoms with E-state index in [4.69, 9.17) is 4.42 Å². The Balaban J connectivity index is 1.61. The van der Waals surface area contributed by atoms with Crippen LogP contribution in [-0.4, -0.2) is 131 Å². The highest BCUT2D eigenvalue weighted by atomic mass is 32.2. The highest BCUT2D eigenvalue weighted by Crippen LogP contribution is 2.45. The van der Waals surface area contributed by atoms with Crippen molar-refractivity contribution in [3.8, 4) is 22.5 Å². The molecule has 10 N–H and O–H groups in total. The van der Waals surface area contributed by atoms with Gasteiger partial charge in [0.05, 0.1) is 22.4 Å². The summed E-state index contributed by atoms with van der Waals surface area (Å²) in [6.45, 7) is 3.67.